The van der Waals surface area contributed by atoms with Gasteiger partial charge in [0.25, 0.3) is 0 Å². The lowest BCUT2D eigenvalue weighted by molar-refractivity contribution is 0.0731. The lowest BCUT2D eigenvalue weighted by atomic mass is 9.98. The second-order valence-corrected chi connectivity index (χ2v) is 5.65. The number of ether oxygens (including phenoxy) is 4. The first-order chi connectivity index (χ1) is 12.0. The van der Waals surface area contributed by atoms with Crippen LogP contribution in [-0.4, -0.2) is 27.3 Å². The Bertz CT molecular complexity index is 714. The molecule has 1 atom stereocenters. The molecule has 0 aliphatic heterocycles. The van der Waals surface area contributed by atoms with Crippen molar-refractivity contribution in [3.8, 4) is 23.0 Å². The van der Waals surface area contributed by atoms with Crippen molar-refractivity contribution >= 4 is 5.97 Å². The Morgan fingerprint density at radius 3 is 2.08 bits per heavy atom. The van der Waals surface area contributed by atoms with Crippen LogP contribution in [0.25, 0.3) is 0 Å². The van der Waals surface area contributed by atoms with Gasteiger partial charge in [-0.2, -0.15) is 0 Å². The Balaban J connectivity index is 2.36. The highest BCUT2D eigenvalue weighted by Gasteiger charge is 2.20. The first-order valence-electron chi connectivity index (χ1n) is 8.16. The molecule has 2 aromatic carbocycles. The average molecular weight is 344 g/mol. The molecule has 0 saturated carbocycles. The van der Waals surface area contributed by atoms with Crippen LogP contribution in [0.3, 0.4) is 0 Å². The molecule has 2 aromatic rings. The minimum Gasteiger partial charge on any atom is -0.493 e. The Morgan fingerprint density at radius 2 is 1.56 bits per heavy atom. The largest absolute Gasteiger partial charge is 0.493 e. The van der Waals surface area contributed by atoms with Crippen molar-refractivity contribution in [3.05, 3.63) is 47.5 Å². The number of rotatable bonds is 7. The molecule has 0 bridgehead atoms. The van der Waals surface area contributed by atoms with Crippen LogP contribution in [0, 0.1) is 0 Å². The van der Waals surface area contributed by atoms with Gasteiger partial charge in [0.1, 0.15) is 5.75 Å². The van der Waals surface area contributed by atoms with E-state index in [0.29, 0.717) is 34.5 Å². The highest BCUT2D eigenvalue weighted by Crippen LogP contribution is 2.38. The second kappa shape index (κ2) is 8.42. The summed E-state index contributed by atoms with van der Waals surface area (Å²) < 4.78 is 21.5. The fourth-order valence-electron chi connectivity index (χ4n) is 2.56. The van der Waals surface area contributed by atoms with Crippen molar-refractivity contribution in [2.45, 2.75) is 26.2 Å². The van der Waals surface area contributed by atoms with Gasteiger partial charge in [-0.3, -0.25) is 0 Å². The van der Waals surface area contributed by atoms with E-state index in [0.717, 1.165) is 12.0 Å². The van der Waals surface area contributed by atoms with Crippen LogP contribution in [0.2, 0.25) is 0 Å². The Morgan fingerprint density at radius 1 is 0.960 bits per heavy atom. The molecule has 0 fully saturated rings. The van der Waals surface area contributed by atoms with Crippen molar-refractivity contribution in [1.82, 2.24) is 0 Å². The van der Waals surface area contributed by atoms with Gasteiger partial charge in [0.2, 0.25) is 5.75 Å². The monoisotopic (exact) mass is 344 g/mol. The first-order valence-corrected chi connectivity index (χ1v) is 8.16. The molecule has 0 saturated heterocycles. The van der Waals surface area contributed by atoms with E-state index in [2.05, 4.69) is 13.8 Å². The third-order valence-corrected chi connectivity index (χ3v) is 4.17. The predicted octanol–water partition coefficient (Wildman–Crippen LogP) is 4.45. The number of hydrogen-bond donors (Lipinski definition) is 0. The molecule has 0 aromatic heterocycles. The summed E-state index contributed by atoms with van der Waals surface area (Å²) in [7, 11) is 4.52. The maximum Gasteiger partial charge on any atom is 0.343 e. The predicted molar refractivity (Wildman–Crippen MR) is 96.2 cm³/mol. The number of carbonyl (C=O) groups is 1. The van der Waals surface area contributed by atoms with Gasteiger partial charge >= 0.3 is 5.97 Å². The van der Waals surface area contributed by atoms with E-state index < -0.39 is 5.97 Å². The van der Waals surface area contributed by atoms with E-state index in [1.807, 2.05) is 18.2 Å². The molecule has 5 heteroatoms. The number of para-hydroxylation sites is 1. The molecule has 2 rings (SSSR count). The summed E-state index contributed by atoms with van der Waals surface area (Å²) in [4.78, 5) is 12.6. The van der Waals surface area contributed by atoms with Crippen LogP contribution in [0.1, 0.15) is 42.1 Å². The van der Waals surface area contributed by atoms with Crippen LogP contribution in [0.15, 0.2) is 36.4 Å². The van der Waals surface area contributed by atoms with Gasteiger partial charge in [0.05, 0.1) is 26.9 Å². The maximum absolute atomic E-state index is 12.6. The summed E-state index contributed by atoms with van der Waals surface area (Å²) in [6.07, 6.45) is 0.957. The SMILES string of the molecule is CC[C@@H](C)c1ccccc1OC(=O)c1cc(OC)c(OC)c(OC)c1. The first kappa shape index (κ1) is 18.6. The highest BCUT2D eigenvalue weighted by molar-refractivity contribution is 5.93. The summed E-state index contributed by atoms with van der Waals surface area (Å²) >= 11 is 0. The zero-order valence-corrected chi connectivity index (χ0v) is 15.3. The van der Waals surface area contributed by atoms with Crippen molar-refractivity contribution in [2.24, 2.45) is 0 Å². The van der Waals surface area contributed by atoms with Gasteiger partial charge in [-0.15, -0.1) is 0 Å². The van der Waals surface area contributed by atoms with Gasteiger partial charge in [0, 0.05) is 0 Å². The number of benzene rings is 2. The third-order valence-electron chi connectivity index (χ3n) is 4.17. The van der Waals surface area contributed by atoms with Crippen LogP contribution in [0.4, 0.5) is 0 Å². The molecule has 0 radical (unpaired) electrons. The molecule has 0 spiro atoms. The molecule has 0 amide bonds. The zero-order valence-electron chi connectivity index (χ0n) is 15.3. The second-order valence-electron chi connectivity index (χ2n) is 5.65. The van der Waals surface area contributed by atoms with Gasteiger partial charge in [-0.25, -0.2) is 4.79 Å². The Kier molecular flexibility index (Phi) is 6.28. The summed E-state index contributed by atoms with van der Waals surface area (Å²) in [6.45, 7) is 4.20. The topological polar surface area (TPSA) is 54.0 Å². The maximum atomic E-state index is 12.6. The van der Waals surface area contributed by atoms with Crippen molar-refractivity contribution in [1.29, 1.82) is 0 Å². The third kappa shape index (κ3) is 4.05. The van der Waals surface area contributed by atoms with Gasteiger partial charge in [0.15, 0.2) is 11.5 Å². The van der Waals surface area contributed by atoms with Crippen molar-refractivity contribution in [3.63, 3.8) is 0 Å². The summed E-state index contributed by atoms with van der Waals surface area (Å²) in [5, 5.41) is 0. The van der Waals surface area contributed by atoms with E-state index >= 15 is 0 Å². The zero-order chi connectivity index (χ0) is 18.4. The molecule has 25 heavy (non-hydrogen) atoms. The number of carbonyl (C=O) groups excluding carboxylic acids is 1. The Hall–Kier alpha value is -2.69. The summed E-state index contributed by atoms with van der Waals surface area (Å²) in [5.41, 5.74) is 1.33. The normalized spacial score (nSPS) is 11.6. The quantitative estimate of drug-likeness (QED) is 0.549. The molecule has 0 heterocycles. The van der Waals surface area contributed by atoms with E-state index in [-0.39, 0.29) is 0 Å². The van der Waals surface area contributed by atoms with Gasteiger partial charge in [-0.05, 0) is 36.1 Å². The van der Waals surface area contributed by atoms with Crippen LogP contribution >= 0.6 is 0 Å². The van der Waals surface area contributed by atoms with Gasteiger partial charge in [-0.1, -0.05) is 32.0 Å². The van der Waals surface area contributed by atoms with Crippen LogP contribution < -0.4 is 18.9 Å². The van der Waals surface area contributed by atoms with Gasteiger partial charge < -0.3 is 18.9 Å². The Labute approximate surface area is 148 Å². The van der Waals surface area contributed by atoms with Crippen molar-refractivity contribution < 1.29 is 23.7 Å². The van der Waals surface area contributed by atoms with Crippen molar-refractivity contribution in [2.75, 3.05) is 21.3 Å². The molecular weight excluding hydrogens is 320 g/mol. The molecule has 0 aliphatic carbocycles. The van der Waals surface area contributed by atoms with Crippen LogP contribution in [-0.2, 0) is 0 Å². The van der Waals surface area contributed by atoms with E-state index in [1.165, 1.54) is 21.3 Å². The smallest absolute Gasteiger partial charge is 0.343 e. The van der Waals surface area contributed by atoms with E-state index in [1.54, 1.807) is 18.2 Å². The lowest BCUT2D eigenvalue weighted by Crippen LogP contribution is -2.11. The lowest BCUT2D eigenvalue weighted by Gasteiger charge is -2.16. The molecule has 0 unspecified atom stereocenters. The standard InChI is InChI=1S/C20H24O5/c1-6-13(2)15-9-7-8-10-16(15)25-20(21)14-11-17(22-3)19(24-5)18(12-14)23-4/h7-13H,6H2,1-5H3/t13-/m1/s1. The highest BCUT2D eigenvalue weighted by atomic mass is 16.5. The van der Waals surface area contributed by atoms with Crippen LogP contribution in [0.5, 0.6) is 23.0 Å². The molecule has 0 N–H and O–H groups in total. The minimum absolute atomic E-state index is 0.295. The molecular formula is C20H24O5. The number of methoxy groups -OCH3 is 3. The van der Waals surface area contributed by atoms with E-state index in [9.17, 15) is 4.79 Å². The molecule has 5 nitrogen and oxygen atoms in total. The summed E-state index contributed by atoms with van der Waals surface area (Å²) in [6, 6.07) is 10.7. The number of hydrogen-bond acceptors (Lipinski definition) is 5. The average Bonchev–Trinajstić information content (AvgIpc) is 2.66. The fourth-order valence-corrected chi connectivity index (χ4v) is 2.56. The fraction of sp³-hybridized carbons (Fsp3) is 0.350. The molecule has 0 aliphatic rings. The molecule has 134 valence electrons. The number of esters is 1. The summed E-state index contributed by atoms with van der Waals surface area (Å²) in [5.74, 6) is 1.63. The minimum atomic E-state index is -0.477. The van der Waals surface area contributed by atoms with E-state index in [4.69, 9.17) is 18.9 Å².